The Morgan fingerprint density at radius 1 is 0.875 bits per heavy atom. The Hall–Kier alpha value is -1.94. The van der Waals surface area contributed by atoms with Gasteiger partial charge in [0, 0.05) is 11.1 Å². The number of allylic oxidation sites excluding steroid dienone is 1. The maximum absolute atomic E-state index is 11.4. The van der Waals surface area contributed by atoms with Gasteiger partial charge >= 0.3 is 0 Å². The molecular formula is C21H22O3. The van der Waals surface area contributed by atoms with Crippen LogP contribution in [-0.2, 0) is 20.9 Å². The normalized spacial score (nSPS) is 25.7. The van der Waals surface area contributed by atoms with E-state index in [0.29, 0.717) is 19.6 Å². The van der Waals surface area contributed by atoms with E-state index >= 15 is 0 Å². The fourth-order valence-electron chi connectivity index (χ4n) is 3.89. The van der Waals surface area contributed by atoms with E-state index in [2.05, 4.69) is 6.08 Å². The van der Waals surface area contributed by atoms with Gasteiger partial charge in [0.1, 0.15) is 5.60 Å². The van der Waals surface area contributed by atoms with Crippen LogP contribution in [0.5, 0.6) is 0 Å². The van der Waals surface area contributed by atoms with Gasteiger partial charge in [-0.3, -0.25) is 0 Å². The molecule has 2 aliphatic rings. The van der Waals surface area contributed by atoms with Crippen LogP contribution in [0.3, 0.4) is 0 Å². The zero-order chi connectivity index (χ0) is 16.6. The Kier molecular flexibility index (Phi) is 3.80. The average Bonchev–Trinajstić information content (AvgIpc) is 3.25. The number of hydrogen-bond donors (Lipinski definition) is 1. The van der Waals surface area contributed by atoms with Crippen molar-refractivity contribution in [2.45, 2.75) is 31.2 Å². The van der Waals surface area contributed by atoms with E-state index in [4.69, 9.17) is 9.47 Å². The Balaban J connectivity index is 1.91. The number of rotatable bonds is 3. The standard InChI is InChI=1S/C21H22O3/c1-16-8-7-13-20(16,22)18-11-5-6-12-19(18)21(23-14-15-24-21)17-9-3-2-4-10-17/h2-6,8-12,22H,7,13-15H2,1H3. The smallest absolute Gasteiger partial charge is 0.222 e. The molecule has 0 aromatic heterocycles. The molecule has 2 aromatic carbocycles. The van der Waals surface area contributed by atoms with Crippen LogP contribution in [0.25, 0.3) is 0 Å². The predicted molar refractivity (Wildman–Crippen MR) is 92.5 cm³/mol. The van der Waals surface area contributed by atoms with Gasteiger partial charge in [-0.1, -0.05) is 60.7 Å². The Morgan fingerprint density at radius 3 is 2.12 bits per heavy atom. The highest BCUT2D eigenvalue weighted by molar-refractivity contribution is 5.46. The van der Waals surface area contributed by atoms with Crippen molar-refractivity contribution in [3.8, 4) is 0 Å². The summed E-state index contributed by atoms with van der Waals surface area (Å²) in [6.45, 7) is 3.07. The molecule has 4 rings (SSSR count). The van der Waals surface area contributed by atoms with Gasteiger partial charge in [-0.25, -0.2) is 0 Å². The van der Waals surface area contributed by atoms with Crippen LogP contribution in [0.1, 0.15) is 36.5 Å². The van der Waals surface area contributed by atoms with E-state index in [1.807, 2.05) is 61.5 Å². The molecule has 0 bridgehead atoms. The van der Waals surface area contributed by atoms with E-state index in [1.54, 1.807) is 0 Å². The van der Waals surface area contributed by atoms with Crippen LogP contribution < -0.4 is 0 Å². The highest BCUT2D eigenvalue weighted by Crippen LogP contribution is 2.47. The van der Waals surface area contributed by atoms with Crippen molar-refractivity contribution in [2.75, 3.05) is 13.2 Å². The first-order chi connectivity index (χ1) is 11.7. The third-order valence-electron chi connectivity index (χ3n) is 5.18. The highest BCUT2D eigenvalue weighted by Gasteiger charge is 2.46. The van der Waals surface area contributed by atoms with Crippen LogP contribution in [0.2, 0.25) is 0 Å². The first-order valence-electron chi connectivity index (χ1n) is 8.50. The predicted octanol–water partition coefficient (Wildman–Crippen LogP) is 3.86. The average molecular weight is 322 g/mol. The largest absolute Gasteiger partial charge is 0.381 e. The van der Waals surface area contributed by atoms with E-state index in [0.717, 1.165) is 28.7 Å². The second kappa shape index (κ2) is 5.85. The van der Waals surface area contributed by atoms with Crippen molar-refractivity contribution < 1.29 is 14.6 Å². The second-order valence-corrected chi connectivity index (χ2v) is 6.51. The third kappa shape index (κ3) is 2.24. The summed E-state index contributed by atoms with van der Waals surface area (Å²) in [6, 6.07) is 17.9. The van der Waals surface area contributed by atoms with Gasteiger partial charge in [-0.2, -0.15) is 0 Å². The fraction of sp³-hybridized carbons (Fsp3) is 0.333. The SMILES string of the molecule is CC1=CCCC1(O)c1ccccc1C1(c2ccccc2)OCCO1. The van der Waals surface area contributed by atoms with Crippen molar-refractivity contribution in [3.05, 3.63) is 82.9 Å². The van der Waals surface area contributed by atoms with Crippen molar-refractivity contribution in [1.82, 2.24) is 0 Å². The Morgan fingerprint density at radius 2 is 1.50 bits per heavy atom. The summed E-state index contributed by atoms with van der Waals surface area (Å²) in [6.07, 6.45) is 3.69. The minimum absolute atomic E-state index is 0.538. The van der Waals surface area contributed by atoms with E-state index in [9.17, 15) is 5.11 Å². The summed E-state index contributed by atoms with van der Waals surface area (Å²) >= 11 is 0. The minimum atomic E-state index is -0.951. The molecule has 0 saturated carbocycles. The number of aliphatic hydroxyl groups is 1. The van der Waals surface area contributed by atoms with E-state index in [-0.39, 0.29) is 0 Å². The molecule has 1 saturated heterocycles. The molecule has 1 unspecified atom stereocenters. The first kappa shape index (κ1) is 15.6. The van der Waals surface area contributed by atoms with Crippen molar-refractivity contribution in [2.24, 2.45) is 0 Å². The van der Waals surface area contributed by atoms with Crippen molar-refractivity contribution in [1.29, 1.82) is 0 Å². The van der Waals surface area contributed by atoms with Crippen LogP contribution in [0, 0.1) is 0 Å². The fourth-order valence-corrected chi connectivity index (χ4v) is 3.89. The second-order valence-electron chi connectivity index (χ2n) is 6.51. The number of hydrogen-bond acceptors (Lipinski definition) is 3. The summed E-state index contributed by atoms with van der Waals surface area (Å²) in [7, 11) is 0. The zero-order valence-electron chi connectivity index (χ0n) is 13.9. The lowest BCUT2D eigenvalue weighted by Crippen LogP contribution is -2.35. The molecule has 124 valence electrons. The molecule has 1 atom stereocenters. The van der Waals surface area contributed by atoms with E-state index in [1.165, 1.54) is 0 Å². The maximum Gasteiger partial charge on any atom is 0.222 e. The number of ether oxygens (including phenoxy) is 2. The lowest BCUT2D eigenvalue weighted by Gasteiger charge is -2.35. The molecule has 1 N–H and O–H groups in total. The van der Waals surface area contributed by atoms with Crippen molar-refractivity contribution in [3.63, 3.8) is 0 Å². The summed E-state index contributed by atoms with van der Waals surface area (Å²) in [5.41, 5.74) is 2.77. The van der Waals surface area contributed by atoms with Gasteiger partial charge in [-0.15, -0.1) is 0 Å². The van der Waals surface area contributed by atoms with E-state index < -0.39 is 11.4 Å². The first-order valence-corrected chi connectivity index (χ1v) is 8.50. The molecule has 1 fully saturated rings. The summed E-state index contributed by atoms with van der Waals surface area (Å²) in [5, 5.41) is 11.4. The molecule has 1 aliphatic carbocycles. The maximum atomic E-state index is 11.4. The van der Waals surface area contributed by atoms with Crippen LogP contribution in [0.4, 0.5) is 0 Å². The lowest BCUT2D eigenvalue weighted by molar-refractivity contribution is -0.132. The molecule has 3 heteroatoms. The molecule has 3 nitrogen and oxygen atoms in total. The number of benzene rings is 2. The molecule has 1 aliphatic heterocycles. The minimum Gasteiger partial charge on any atom is -0.381 e. The summed E-state index contributed by atoms with van der Waals surface area (Å²) in [5.74, 6) is -0.948. The van der Waals surface area contributed by atoms with Gasteiger partial charge in [0.05, 0.1) is 13.2 Å². The third-order valence-corrected chi connectivity index (χ3v) is 5.18. The van der Waals surface area contributed by atoms with Gasteiger partial charge in [0.15, 0.2) is 0 Å². The molecule has 24 heavy (non-hydrogen) atoms. The highest BCUT2D eigenvalue weighted by atomic mass is 16.7. The molecule has 1 heterocycles. The Bertz CT molecular complexity index is 760. The lowest BCUT2D eigenvalue weighted by atomic mass is 9.81. The van der Waals surface area contributed by atoms with Gasteiger partial charge < -0.3 is 14.6 Å². The monoisotopic (exact) mass is 322 g/mol. The summed E-state index contributed by atoms with van der Waals surface area (Å²) < 4.78 is 12.3. The molecule has 0 spiro atoms. The zero-order valence-corrected chi connectivity index (χ0v) is 13.9. The van der Waals surface area contributed by atoms with Crippen LogP contribution in [0.15, 0.2) is 66.2 Å². The molecule has 0 amide bonds. The van der Waals surface area contributed by atoms with Gasteiger partial charge in [0.2, 0.25) is 5.79 Å². The molecule has 2 aromatic rings. The van der Waals surface area contributed by atoms with Gasteiger partial charge in [-0.05, 0) is 30.9 Å². The quantitative estimate of drug-likeness (QED) is 0.872. The summed E-state index contributed by atoms with van der Waals surface area (Å²) in [4.78, 5) is 0. The Labute approximate surface area is 142 Å². The molecule has 0 radical (unpaired) electrons. The van der Waals surface area contributed by atoms with Gasteiger partial charge in [0.25, 0.3) is 0 Å². The molecular weight excluding hydrogens is 300 g/mol. The van der Waals surface area contributed by atoms with Crippen LogP contribution in [-0.4, -0.2) is 18.3 Å². The van der Waals surface area contributed by atoms with Crippen molar-refractivity contribution >= 4 is 0 Å². The topological polar surface area (TPSA) is 38.7 Å². The van der Waals surface area contributed by atoms with Crippen LogP contribution >= 0.6 is 0 Å².